The van der Waals surface area contributed by atoms with Crippen molar-refractivity contribution in [1.82, 2.24) is 0 Å². The summed E-state index contributed by atoms with van der Waals surface area (Å²) < 4.78 is 41.1. The van der Waals surface area contributed by atoms with E-state index in [2.05, 4.69) is 20.7 Å². The van der Waals surface area contributed by atoms with Crippen molar-refractivity contribution in [2.45, 2.75) is 18.2 Å². The van der Waals surface area contributed by atoms with Gasteiger partial charge in [0, 0.05) is 15.8 Å². The molecule has 2 rings (SSSR count). The Morgan fingerprint density at radius 2 is 2.00 bits per heavy atom. The Bertz CT molecular complexity index is 779. The van der Waals surface area contributed by atoms with E-state index in [4.69, 9.17) is 5.73 Å². The second-order valence-corrected chi connectivity index (χ2v) is 6.97. The fourth-order valence-corrected chi connectivity index (χ4v) is 3.28. The Morgan fingerprint density at radius 1 is 1.29 bits per heavy atom. The molecule has 4 nitrogen and oxygen atoms in total. The molecule has 0 amide bonds. The van der Waals surface area contributed by atoms with Gasteiger partial charge in [-0.15, -0.1) is 0 Å². The fourth-order valence-electron chi connectivity index (χ4n) is 1.82. The van der Waals surface area contributed by atoms with Gasteiger partial charge in [0.1, 0.15) is 10.7 Å². The predicted molar refractivity (Wildman–Crippen MR) is 85.1 cm³/mol. The first-order chi connectivity index (χ1) is 9.83. The van der Waals surface area contributed by atoms with Crippen molar-refractivity contribution in [3.63, 3.8) is 0 Å². The van der Waals surface area contributed by atoms with E-state index >= 15 is 0 Å². The topological polar surface area (TPSA) is 72.2 Å². The first-order valence-corrected chi connectivity index (χ1v) is 8.47. The molecule has 0 aliphatic heterocycles. The molecule has 0 fully saturated rings. The number of benzene rings is 2. The maximum atomic E-state index is 13.9. The normalized spacial score (nSPS) is 11.4. The number of hydrogen-bond acceptors (Lipinski definition) is 3. The van der Waals surface area contributed by atoms with Gasteiger partial charge in [-0.1, -0.05) is 19.1 Å². The van der Waals surface area contributed by atoms with E-state index in [9.17, 15) is 12.8 Å². The van der Waals surface area contributed by atoms with Gasteiger partial charge in [0.25, 0.3) is 10.0 Å². The van der Waals surface area contributed by atoms with Crippen LogP contribution < -0.4 is 10.5 Å². The molecule has 3 N–H and O–H groups in total. The van der Waals surface area contributed by atoms with Crippen LogP contribution in [0.15, 0.2) is 45.8 Å². The van der Waals surface area contributed by atoms with E-state index in [1.807, 2.05) is 13.0 Å². The summed E-state index contributed by atoms with van der Waals surface area (Å²) in [6, 6.07) is 9.06. The molecule has 0 saturated carbocycles. The lowest BCUT2D eigenvalue weighted by atomic mass is 10.1. The quantitative estimate of drug-likeness (QED) is 0.806. The van der Waals surface area contributed by atoms with Crippen molar-refractivity contribution in [2.24, 2.45) is 0 Å². The van der Waals surface area contributed by atoms with Crippen molar-refractivity contribution in [3.05, 3.63) is 52.3 Å². The van der Waals surface area contributed by atoms with Crippen LogP contribution in [0, 0.1) is 5.82 Å². The number of aryl methyl sites for hydroxylation is 1. The van der Waals surface area contributed by atoms with Crippen LogP contribution in [0.4, 0.5) is 15.8 Å². The summed E-state index contributed by atoms with van der Waals surface area (Å²) in [5.41, 5.74) is 7.13. The molecule has 0 aliphatic rings. The lowest BCUT2D eigenvalue weighted by molar-refractivity contribution is 0.570. The zero-order valence-electron chi connectivity index (χ0n) is 11.2. The zero-order chi connectivity index (χ0) is 15.6. The minimum Gasteiger partial charge on any atom is -0.398 e. The van der Waals surface area contributed by atoms with Crippen LogP contribution >= 0.6 is 15.9 Å². The highest BCUT2D eigenvalue weighted by atomic mass is 79.9. The third-order valence-corrected chi connectivity index (χ3v) is 5.01. The number of nitrogens with one attached hydrogen (secondary N) is 1. The third kappa shape index (κ3) is 3.54. The van der Waals surface area contributed by atoms with Gasteiger partial charge in [0.2, 0.25) is 0 Å². The first kappa shape index (κ1) is 15.8. The van der Waals surface area contributed by atoms with Crippen molar-refractivity contribution in [1.29, 1.82) is 0 Å². The lowest BCUT2D eigenvalue weighted by Crippen LogP contribution is -2.15. The maximum absolute atomic E-state index is 13.9. The molecule has 112 valence electrons. The van der Waals surface area contributed by atoms with Crippen LogP contribution in [0.3, 0.4) is 0 Å². The fraction of sp³-hybridized carbons (Fsp3) is 0.143. The van der Waals surface area contributed by atoms with Gasteiger partial charge in [-0.05, 0) is 52.2 Å². The van der Waals surface area contributed by atoms with Gasteiger partial charge >= 0.3 is 0 Å². The Kier molecular flexibility index (Phi) is 4.53. The number of anilines is 2. The predicted octanol–water partition coefficient (Wildman–Crippen LogP) is 3.53. The zero-order valence-corrected chi connectivity index (χ0v) is 13.6. The Labute approximate surface area is 131 Å². The number of nitrogens with two attached hydrogens (primary N) is 1. The van der Waals surface area contributed by atoms with Crippen molar-refractivity contribution in [3.8, 4) is 0 Å². The summed E-state index contributed by atoms with van der Waals surface area (Å²) in [5, 5.41) is 0. The number of halogens is 2. The largest absolute Gasteiger partial charge is 0.398 e. The molecular formula is C14H14BrFN2O2S. The van der Waals surface area contributed by atoms with Crippen molar-refractivity contribution < 1.29 is 12.8 Å². The number of nitrogen functional groups attached to an aromatic ring is 1. The molecule has 0 radical (unpaired) electrons. The van der Waals surface area contributed by atoms with Gasteiger partial charge in [0.15, 0.2) is 0 Å². The summed E-state index contributed by atoms with van der Waals surface area (Å²) in [7, 11) is -4.03. The van der Waals surface area contributed by atoms with E-state index in [-0.39, 0.29) is 5.69 Å². The second kappa shape index (κ2) is 6.03. The van der Waals surface area contributed by atoms with Gasteiger partial charge in [-0.3, -0.25) is 4.72 Å². The van der Waals surface area contributed by atoms with E-state index in [0.29, 0.717) is 10.2 Å². The average molecular weight is 373 g/mol. The minimum atomic E-state index is -4.03. The SMILES string of the molecule is CCc1cccc(NS(=O)(=O)c2cc(N)c(Br)cc2F)c1. The molecule has 0 aliphatic carbocycles. The monoisotopic (exact) mass is 372 g/mol. The minimum absolute atomic E-state index is 0.152. The van der Waals surface area contributed by atoms with Crippen molar-refractivity contribution in [2.75, 3.05) is 10.5 Å². The molecule has 0 atom stereocenters. The highest BCUT2D eigenvalue weighted by Crippen LogP contribution is 2.27. The Morgan fingerprint density at radius 3 is 2.67 bits per heavy atom. The van der Waals surface area contributed by atoms with E-state index < -0.39 is 20.7 Å². The van der Waals surface area contributed by atoms with Gasteiger partial charge in [0.05, 0.1) is 0 Å². The van der Waals surface area contributed by atoms with E-state index in [1.54, 1.807) is 18.2 Å². The lowest BCUT2D eigenvalue weighted by Gasteiger charge is -2.11. The third-order valence-electron chi connectivity index (χ3n) is 2.93. The molecule has 0 aromatic heterocycles. The number of sulfonamides is 1. The van der Waals surface area contributed by atoms with E-state index in [0.717, 1.165) is 24.1 Å². The second-order valence-electron chi connectivity index (χ2n) is 4.46. The average Bonchev–Trinajstić information content (AvgIpc) is 2.42. The Hall–Kier alpha value is -1.60. The summed E-state index contributed by atoms with van der Waals surface area (Å²) in [4.78, 5) is -0.481. The summed E-state index contributed by atoms with van der Waals surface area (Å²) in [6.45, 7) is 1.96. The summed E-state index contributed by atoms with van der Waals surface area (Å²) in [6.07, 6.45) is 0.773. The highest BCUT2D eigenvalue weighted by Gasteiger charge is 2.21. The van der Waals surface area contributed by atoms with Gasteiger partial charge in [-0.25, -0.2) is 12.8 Å². The van der Waals surface area contributed by atoms with E-state index in [1.165, 1.54) is 0 Å². The van der Waals surface area contributed by atoms with Crippen molar-refractivity contribution >= 4 is 37.3 Å². The molecule has 0 bridgehead atoms. The molecular weight excluding hydrogens is 359 g/mol. The smallest absolute Gasteiger partial charge is 0.264 e. The molecule has 0 unspecified atom stereocenters. The molecule has 2 aromatic rings. The Balaban J connectivity index is 2.40. The molecule has 0 spiro atoms. The highest BCUT2D eigenvalue weighted by molar-refractivity contribution is 9.10. The molecule has 0 heterocycles. The van der Waals surface area contributed by atoms with Crippen LogP contribution in [-0.4, -0.2) is 8.42 Å². The first-order valence-electron chi connectivity index (χ1n) is 6.19. The molecule has 7 heteroatoms. The van der Waals surface area contributed by atoms with Gasteiger partial charge < -0.3 is 5.73 Å². The van der Waals surface area contributed by atoms with Crippen LogP contribution in [0.1, 0.15) is 12.5 Å². The van der Waals surface area contributed by atoms with Crippen LogP contribution in [0.25, 0.3) is 0 Å². The maximum Gasteiger partial charge on any atom is 0.264 e. The van der Waals surface area contributed by atoms with Gasteiger partial charge in [-0.2, -0.15) is 0 Å². The summed E-state index contributed by atoms with van der Waals surface area (Å²) in [5.74, 6) is -0.866. The van der Waals surface area contributed by atoms with Crippen LogP contribution in [0.5, 0.6) is 0 Å². The number of hydrogen-bond donors (Lipinski definition) is 2. The molecule has 21 heavy (non-hydrogen) atoms. The molecule has 2 aromatic carbocycles. The summed E-state index contributed by atoms with van der Waals surface area (Å²) >= 11 is 3.05. The van der Waals surface area contributed by atoms with Crippen LogP contribution in [0.2, 0.25) is 0 Å². The van der Waals surface area contributed by atoms with Crippen LogP contribution in [-0.2, 0) is 16.4 Å². The molecule has 0 saturated heterocycles. The standard InChI is InChI=1S/C14H14BrFN2O2S/c1-2-9-4-3-5-10(6-9)18-21(19,20)14-8-13(17)11(15)7-12(14)16/h3-8,18H,2,17H2,1H3. The number of rotatable bonds is 4.